The zero-order valence-electron chi connectivity index (χ0n) is 11.8. The van der Waals surface area contributed by atoms with Crippen molar-refractivity contribution in [1.82, 2.24) is 0 Å². The Morgan fingerprint density at radius 1 is 0.750 bits per heavy atom. The van der Waals surface area contributed by atoms with E-state index in [1.807, 2.05) is 36.4 Å². The van der Waals surface area contributed by atoms with E-state index in [0.717, 1.165) is 21.5 Å². The van der Waals surface area contributed by atoms with Crippen molar-refractivity contribution in [1.29, 1.82) is 0 Å². The van der Waals surface area contributed by atoms with E-state index in [1.165, 1.54) is 6.07 Å². The van der Waals surface area contributed by atoms with Crippen LogP contribution >= 0.6 is 11.6 Å². The quantitative estimate of drug-likeness (QED) is 0.301. The fourth-order valence-corrected chi connectivity index (χ4v) is 4.20. The van der Waals surface area contributed by atoms with Crippen LogP contribution in [-0.2, 0) is 10.1 Å². The molecule has 4 aromatic carbocycles. The van der Waals surface area contributed by atoms with Gasteiger partial charge in [0.25, 0.3) is 10.1 Å². The predicted octanol–water partition coefficient (Wildman–Crippen LogP) is 4.40. The monoisotopic (exact) mass is 382 g/mol. The molecular formula is C18H12ClKO3S. The van der Waals surface area contributed by atoms with Gasteiger partial charge in [-0.15, -0.1) is 0 Å². The summed E-state index contributed by atoms with van der Waals surface area (Å²) in [5, 5.41) is 5.22. The van der Waals surface area contributed by atoms with Crippen molar-refractivity contribution in [2.24, 2.45) is 0 Å². The first-order chi connectivity index (χ1) is 10.9. The summed E-state index contributed by atoms with van der Waals surface area (Å²) in [4.78, 5) is -0.244. The van der Waals surface area contributed by atoms with Crippen LogP contribution in [0.4, 0.5) is 0 Å². The van der Waals surface area contributed by atoms with Crippen molar-refractivity contribution in [3.8, 4) is 0 Å². The van der Waals surface area contributed by atoms with E-state index in [-0.39, 0.29) is 61.3 Å². The summed E-state index contributed by atoms with van der Waals surface area (Å²) in [5.41, 5.74) is 0. The number of hydrogen-bond donors (Lipinski definition) is 1. The second-order valence-corrected chi connectivity index (χ2v) is 7.24. The molecule has 0 atom stereocenters. The molecule has 0 fully saturated rings. The Bertz CT molecular complexity index is 1200. The summed E-state index contributed by atoms with van der Waals surface area (Å²) in [5.74, 6) is 0. The first kappa shape index (κ1) is 18.3. The van der Waals surface area contributed by atoms with Gasteiger partial charge in [0.15, 0.2) is 0 Å². The predicted molar refractivity (Wildman–Crippen MR) is 101 cm³/mol. The van der Waals surface area contributed by atoms with Gasteiger partial charge >= 0.3 is 51.4 Å². The summed E-state index contributed by atoms with van der Waals surface area (Å²) < 4.78 is 32.9. The zero-order chi connectivity index (χ0) is 16.2. The zero-order valence-corrected chi connectivity index (χ0v) is 13.4. The minimum atomic E-state index is -4.40. The molecule has 4 aromatic rings. The SMILES string of the molecule is O=S(=O)(O)c1c(Cl)ccc2cc3cc4ccccc4cc3cc12.[KH]. The van der Waals surface area contributed by atoms with E-state index in [2.05, 4.69) is 6.07 Å². The standard InChI is InChI=1S/C18H11ClO3S.K.H/c19-17-6-5-13-9-14-7-11-3-1-2-4-12(11)8-15(14)10-16(13)18(17)23(20,21)22;;/h1-10H,(H,20,21,22);;. The molecule has 116 valence electrons. The number of halogens is 1. The molecule has 0 amide bonds. The Morgan fingerprint density at radius 2 is 1.29 bits per heavy atom. The Hall–Kier alpha value is -0.504. The van der Waals surface area contributed by atoms with E-state index in [0.29, 0.717) is 10.8 Å². The van der Waals surface area contributed by atoms with Crippen molar-refractivity contribution >= 4 is 105 Å². The molecule has 0 aliphatic carbocycles. The van der Waals surface area contributed by atoms with E-state index in [1.54, 1.807) is 12.1 Å². The molecule has 1 N–H and O–H groups in total. The fourth-order valence-electron chi connectivity index (χ4n) is 2.97. The van der Waals surface area contributed by atoms with E-state index >= 15 is 0 Å². The van der Waals surface area contributed by atoms with Crippen molar-refractivity contribution in [3.05, 3.63) is 65.7 Å². The number of rotatable bonds is 1. The van der Waals surface area contributed by atoms with E-state index in [4.69, 9.17) is 11.6 Å². The van der Waals surface area contributed by atoms with Gasteiger partial charge in [-0.3, -0.25) is 4.55 Å². The van der Waals surface area contributed by atoms with Gasteiger partial charge in [-0.2, -0.15) is 8.42 Å². The van der Waals surface area contributed by atoms with Crippen LogP contribution < -0.4 is 0 Å². The first-order valence-corrected chi connectivity index (χ1v) is 8.77. The molecule has 0 aromatic heterocycles. The third-order valence-corrected chi connectivity index (χ3v) is 5.38. The molecule has 6 heteroatoms. The second-order valence-electron chi connectivity index (χ2n) is 5.47. The van der Waals surface area contributed by atoms with Gasteiger partial charge in [0, 0.05) is 5.39 Å². The van der Waals surface area contributed by atoms with Crippen molar-refractivity contribution in [2.45, 2.75) is 4.90 Å². The summed E-state index contributed by atoms with van der Waals surface area (Å²) in [6, 6.07) is 18.9. The Kier molecular flexibility index (Phi) is 5.08. The molecule has 0 aliphatic rings. The van der Waals surface area contributed by atoms with Crippen LogP contribution in [0.1, 0.15) is 0 Å². The molecule has 0 aliphatic heterocycles. The molecule has 0 radical (unpaired) electrons. The van der Waals surface area contributed by atoms with Crippen LogP contribution in [-0.4, -0.2) is 64.4 Å². The number of fused-ring (bicyclic) bond motifs is 3. The Labute approximate surface area is 186 Å². The molecule has 0 unspecified atom stereocenters. The maximum absolute atomic E-state index is 11.7. The van der Waals surface area contributed by atoms with Gasteiger partial charge in [0.05, 0.1) is 5.02 Å². The molecule has 3 nitrogen and oxygen atoms in total. The third-order valence-electron chi connectivity index (χ3n) is 4.00. The van der Waals surface area contributed by atoms with Crippen molar-refractivity contribution in [3.63, 3.8) is 0 Å². The first-order valence-electron chi connectivity index (χ1n) is 6.96. The minimum absolute atomic E-state index is 0. The van der Waals surface area contributed by atoms with Crippen LogP contribution in [0.25, 0.3) is 32.3 Å². The molecule has 0 heterocycles. The van der Waals surface area contributed by atoms with Gasteiger partial charge < -0.3 is 0 Å². The van der Waals surface area contributed by atoms with Crippen LogP contribution in [0.3, 0.4) is 0 Å². The Balaban J connectivity index is 0.00000169. The summed E-state index contributed by atoms with van der Waals surface area (Å²) in [6.07, 6.45) is 0. The van der Waals surface area contributed by atoms with Gasteiger partial charge in [-0.05, 0) is 57.3 Å². The van der Waals surface area contributed by atoms with Crippen LogP contribution in [0.15, 0.2) is 65.6 Å². The molecule has 24 heavy (non-hydrogen) atoms. The van der Waals surface area contributed by atoms with Crippen LogP contribution in [0.2, 0.25) is 5.02 Å². The molecule has 0 saturated carbocycles. The van der Waals surface area contributed by atoms with E-state index in [9.17, 15) is 13.0 Å². The molecule has 4 rings (SSSR count). The van der Waals surface area contributed by atoms with Gasteiger partial charge in [-0.25, -0.2) is 0 Å². The van der Waals surface area contributed by atoms with Crippen molar-refractivity contribution in [2.75, 3.05) is 0 Å². The van der Waals surface area contributed by atoms with Crippen LogP contribution in [0, 0.1) is 0 Å². The second kappa shape index (κ2) is 6.66. The fraction of sp³-hybridized carbons (Fsp3) is 0. The van der Waals surface area contributed by atoms with Crippen LogP contribution in [0.5, 0.6) is 0 Å². The average Bonchev–Trinajstić information content (AvgIpc) is 2.49. The normalized spacial score (nSPS) is 11.8. The van der Waals surface area contributed by atoms with Gasteiger partial charge in [-0.1, -0.05) is 41.9 Å². The molecular weight excluding hydrogens is 371 g/mol. The summed E-state index contributed by atoms with van der Waals surface area (Å²) >= 11 is 5.99. The molecule has 0 bridgehead atoms. The van der Waals surface area contributed by atoms with Gasteiger partial charge in [0.2, 0.25) is 0 Å². The summed E-state index contributed by atoms with van der Waals surface area (Å²) in [6.45, 7) is 0. The third kappa shape index (κ3) is 3.16. The van der Waals surface area contributed by atoms with Gasteiger partial charge in [0.1, 0.15) is 4.90 Å². The Morgan fingerprint density at radius 3 is 1.88 bits per heavy atom. The average molecular weight is 383 g/mol. The van der Waals surface area contributed by atoms with E-state index < -0.39 is 10.1 Å². The number of benzene rings is 4. The molecule has 0 spiro atoms. The summed E-state index contributed by atoms with van der Waals surface area (Å²) in [7, 11) is -4.40. The topological polar surface area (TPSA) is 54.4 Å². The molecule has 0 saturated heterocycles. The number of hydrogen-bond acceptors (Lipinski definition) is 2. The van der Waals surface area contributed by atoms with Crippen molar-refractivity contribution < 1.29 is 13.0 Å². The maximum atomic E-state index is 11.7.